The molecule has 1 aliphatic rings. The summed E-state index contributed by atoms with van der Waals surface area (Å²) in [5, 5.41) is 1.09. The van der Waals surface area contributed by atoms with Gasteiger partial charge in [0.2, 0.25) is 11.5 Å². The van der Waals surface area contributed by atoms with Crippen LogP contribution in [0.5, 0.6) is 5.75 Å². The Morgan fingerprint density at radius 2 is 1.59 bits per heavy atom. The van der Waals surface area contributed by atoms with E-state index in [0.29, 0.717) is 29.5 Å². The number of benzene rings is 3. The van der Waals surface area contributed by atoms with E-state index in [9.17, 15) is 25.9 Å². The van der Waals surface area contributed by atoms with Gasteiger partial charge in [-0.15, -0.1) is 0 Å². The molecule has 0 spiro atoms. The Labute approximate surface area is 295 Å². The SMILES string of the molecule is CCC(/C=C1\Oc2ccc(-n3ccc4ccccc43)cc2N1CCCS(=O)(=O)[O-])=C\c1oc2ccc(-n3cccc3)cc2[n+]1CCCS(=O)(=O)[O-]. The second-order valence-corrected chi connectivity index (χ2v) is 15.3. The van der Waals surface area contributed by atoms with E-state index in [0.717, 1.165) is 39.1 Å². The van der Waals surface area contributed by atoms with Gasteiger partial charge < -0.3 is 32.3 Å². The van der Waals surface area contributed by atoms with Gasteiger partial charge in [-0.2, -0.15) is 4.57 Å². The van der Waals surface area contributed by atoms with Crippen molar-refractivity contribution in [3.8, 4) is 17.1 Å². The van der Waals surface area contributed by atoms with Crippen molar-refractivity contribution in [1.29, 1.82) is 0 Å². The third kappa shape index (κ3) is 7.64. The Balaban J connectivity index is 1.27. The molecule has 0 unspecified atom stereocenters. The van der Waals surface area contributed by atoms with Crippen molar-refractivity contribution in [2.45, 2.75) is 32.7 Å². The average Bonchev–Trinajstić information content (AvgIpc) is 3.89. The van der Waals surface area contributed by atoms with Crippen LogP contribution >= 0.6 is 0 Å². The third-order valence-corrected chi connectivity index (χ3v) is 10.4. The molecule has 12 nitrogen and oxygen atoms in total. The molecule has 0 atom stereocenters. The number of allylic oxidation sites excluding steroid dienone is 2. The molecule has 14 heteroatoms. The molecular formula is C37H35N4O8S2-. The van der Waals surface area contributed by atoms with Gasteiger partial charge in [0.1, 0.15) is 0 Å². The first kappa shape index (κ1) is 34.3. The number of hydrogen-bond acceptors (Lipinski definition) is 9. The van der Waals surface area contributed by atoms with Gasteiger partial charge in [-0.1, -0.05) is 25.1 Å². The van der Waals surface area contributed by atoms with Gasteiger partial charge in [0.25, 0.3) is 5.52 Å². The van der Waals surface area contributed by atoms with Crippen LogP contribution in [0.15, 0.2) is 119 Å². The van der Waals surface area contributed by atoms with E-state index in [1.165, 1.54) is 0 Å². The van der Waals surface area contributed by atoms with Crippen molar-refractivity contribution < 1.29 is 39.7 Å². The number of fused-ring (bicyclic) bond motifs is 3. The third-order valence-electron chi connectivity index (χ3n) is 8.79. The van der Waals surface area contributed by atoms with Gasteiger partial charge in [0.05, 0.1) is 43.2 Å². The molecular weight excluding hydrogens is 693 g/mol. The lowest BCUT2D eigenvalue weighted by molar-refractivity contribution is -0.677. The molecule has 51 heavy (non-hydrogen) atoms. The van der Waals surface area contributed by atoms with Crippen molar-refractivity contribution in [2.24, 2.45) is 0 Å². The average molecular weight is 728 g/mol. The first-order valence-electron chi connectivity index (χ1n) is 16.5. The van der Waals surface area contributed by atoms with Crippen LogP contribution in [0.3, 0.4) is 0 Å². The van der Waals surface area contributed by atoms with Crippen LogP contribution in [0.2, 0.25) is 0 Å². The normalized spacial score (nSPS) is 14.5. The van der Waals surface area contributed by atoms with Gasteiger partial charge in [-0.25, -0.2) is 16.8 Å². The topological polar surface area (TPSA) is 154 Å². The Bertz CT molecular complexity index is 2510. The summed E-state index contributed by atoms with van der Waals surface area (Å²) in [6.45, 7) is 2.40. The fraction of sp³-hybridized carbons (Fsp3) is 0.216. The highest BCUT2D eigenvalue weighted by molar-refractivity contribution is 7.85. The van der Waals surface area contributed by atoms with Crippen molar-refractivity contribution in [3.63, 3.8) is 0 Å². The fourth-order valence-electron chi connectivity index (χ4n) is 6.34. The van der Waals surface area contributed by atoms with Gasteiger partial charge in [-0.05, 0) is 78.4 Å². The predicted molar refractivity (Wildman–Crippen MR) is 192 cm³/mol. The molecule has 0 N–H and O–H groups in total. The summed E-state index contributed by atoms with van der Waals surface area (Å²) in [5.74, 6) is 0.447. The molecule has 0 saturated heterocycles. The summed E-state index contributed by atoms with van der Waals surface area (Å²) in [7, 11) is -8.84. The smallest absolute Gasteiger partial charge is 0.374 e. The summed E-state index contributed by atoms with van der Waals surface area (Å²) < 4.78 is 87.4. The number of oxazole rings is 1. The summed E-state index contributed by atoms with van der Waals surface area (Å²) in [6.07, 6.45) is 10.2. The lowest BCUT2D eigenvalue weighted by Crippen LogP contribution is -2.36. The van der Waals surface area contributed by atoms with E-state index in [1.54, 1.807) is 0 Å². The first-order chi connectivity index (χ1) is 24.5. The van der Waals surface area contributed by atoms with E-state index < -0.39 is 31.7 Å². The van der Waals surface area contributed by atoms with Crippen LogP contribution in [0.4, 0.5) is 5.69 Å². The molecule has 0 aliphatic carbocycles. The van der Waals surface area contributed by atoms with Crippen molar-refractivity contribution >= 4 is 54.0 Å². The minimum atomic E-state index is -4.43. The van der Waals surface area contributed by atoms with Gasteiger partial charge in [-0.3, -0.25) is 0 Å². The molecule has 7 rings (SSSR count). The molecule has 3 aromatic heterocycles. The maximum Gasteiger partial charge on any atom is 0.374 e. The highest BCUT2D eigenvalue weighted by atomic mass is 32.2. The summed E-state index contributed by atoms with van der Waals surface area (Å²) >= 11 is 0. The van der Waals surface area contributed by atoms with Crippen LogP contribution in [-0.2, 0) is 26.8 Å². The first-order valence-corrected chi connectivity index (χ1v) is 19.7. The largest absolute Gasteiger partial charge is 0.748 e. The van der Waals surface area contributed by atoms with Gasteiger partial charge in [0.15, 0.2) is 12.3 Å². The minimum absolute atomic E-state index is 0.0871. The number of aromatic nitrogens is 3. The summed E-state index contributed by atoms with van der Waals surface area (Å²) in [6, 6.07) is 25.4. The molecule has 0 amide bonds. The van der Waals surface area contributed by atoms with E-state index in [1.807, 2.05) is 131 Å². The number of aryl methyl sites for hydroxylation is 1. The zero-order valence-corrected chi connectivity index (χ0v) is 29.3. The standard InChI is InChI=1S/C37H36N4O8S2/c1-2-27(23-36-40(18-7-21-50(42,43)44)32-25-29(11-13-34(32)48-36)38-16-5-6-17-38)24-37-41(19-8-22-51(45,46)47)33-26-30(12-14-35(33)49-37)39-20-15-28-9-3-4-10-31(28)39/h3-6,9-17,20,23-26H,2,7-8,18-19,21-22H2,1H3,(H-,42,43,44,45,46,47)/p-1. The van der Waals surface area contributed by atoms with E-state index in [4.69, 9.17) is 9.15 Å². The predicted octanol–water partition coefficient (Wildman–Crippen LogP) is 5.86. The number of anilines is 1. The fourth-order valence-corrected chi connectivity index (χ4v) is 7.31. The van der Waals surface area contributed by atoms with Crippen LogP contribution in [0.25, 0.3) is 39.5 Å². The molecule has 4 heterocycles. The van der Waals surface area contributed by atoms with E-state index >= 15 is 0 Å². The monoisotopic (exact) mass is 727 g/mol. The minimum Gasteiger partial charge on any atom is -0.748 e. The van der Waals surface area contributed by atoms with E-state index in [2.05, 4.69) is 4.57 Å². The molecule has 0 radical (unpaired) electrons. The van der Waals surface area contributed by atoms with Gasteiger partial charge >= 0.3 is 5.89 Å². The number of nitrogens with zero attached hydrogens (tertiary/aromatic N) is 4. The number of hydrogen-bond donors (Lipinski definition) is 0. The van der Waals surface area contributed by atoms with Crippen LogP contribution in [-0.4, -0.2) is 53.1 Å². The second-order valence-electron chi connectivity index (χ2n) is 12.3. The van der Waals surface area contributed by atoms with Crippen LogP contribution in [0.1, 0.15) is 32.1 Å². The zero-order valence-electron chi connectivity index (χ0n) is 27.7. The highest BCUT2D eigenvalue weighted by Gasteiger charge is 2.28. The molecule has 264 valence electrons. The van der Waals surface area contributed by atoms with Crippen molar-refractivity contribution in [1.82, 2.24) is 9.13 Å². The Kier molecular flexibility index (Phi) is 9.33. The molecule has 0 saturated carbocycles. The Morgan fingerprint density at radius 3 is 2.35 bits per heavy atom. The molecule has 0 fully saturated rings. The molecule has 6 aromatic rings. The maximum absolute atomic E-state index is 11.5. The van der Waals surface area contributed by atoms with Gasteiger partial charge in [0, 0.05) is 60.9 Å². The van der Waals surface area contributed by atoms with E-state index in [-0.39, 0.29) is 25.9 Å². The highest BCUT2D eigenvalue weighted by Crippen LogP contribution is 2.41. The Morgan fingerprint density at radius 1 is 0.843 bits per heavy atom. The second kappa shape index (κ2) is 13.9. The lowest BCUT2D eigenvalue weighted by Gasteiger charge is -2.20. The summed E-state index contributed by atoms with van der Waals surface area (Å²) in [4.78, 5) is 1.87. The maximum atomic E-state index is 11.5. The zero-order chi connectivity index (χ0) is 35.8. The Hall–Kier alpha value is -5.15. The number of ether oxygens (including phenoxy) is 1. The molecule has 3 aromatic carbocycles. The van der Waals surface area contributed by atoms with Crippen molar-refractivity contribution in [3.05, 3.63) is 121 Å². The summed E-state index contributed by atoms with van der Waals surface area (Å²) in [5.41, 5.74) is 5.63. The number of para-hydroxylation sites is 1. The lowest BCUT2D eigenvalue weighted by atomic mass is 10.1. The quantitative estimate of drug-likeness (QED) is 0.105. The molecule has 0 bridgehead atoms. The van der Waals surface area contributed by atoms with Crippen LogP contribution < -0.4 is 14.2 Å². The van der Waals surface area contributed by atoms with Crippen LogP contribution in [0, 0.1) is 0 Å². The van der Waals surface area contributed by atoms with Crippen molar-refractivity contribution in [2.75, 3.05) is 23.0 Å². The number of rotatable bonds is 13. The molecule has 1 aliphatic heterocycles.